The normalized spacial score (nSPS) is 12.7. The average molecular weight is 305 g/mol. The fraction of sp³-hybridized carbons (Fsp3) is 0.875. The molecule has 0 aliphatic rings. The molecule has 3 N–H and O–H groups in total. The molecule has 3 nitrogen and oxygen atoms in total. The lowest BCUT2D eigenvalue weighted by Gasteiger charge is -2.18. The summed E-state index contributed by atoms with van der Waals surface area (Å²) >= 11 is 0. The topological polar surface area (TPSA) is 63.3 Å². The van der Waals surface area contributed by atoms with E-state index in [0.717, 1.165) is 0 Å². The molecule has 0 atom stereocenters. The molecule has 0 radical (unpaired) electrons. The van der Waals surface area contributed by atoms with E-state index in [2.05, 4.69) is 0 Å². The Morgan fingerprint density at radius 2 is 1.32 bits per heavy atom. The van der Waals surface area contributed by atoms with E-state index in [1.165, 1.54) is 0 Å². The molecule has 11 heteroatoms. The minimum atomic E-state index is -5.43. The number of unbranched alkanes of at least 4 members (excludes halogenated alkanes) is 1. The van der Waals surface area contributed by atoms with Gasteiger partial charge in [-0.1, -0.05) is 0 Å². The van der Waals surface area contributed by atoms with Gasteiger partial charge in [0.05, 0.1) is 0 Å². The van der Waals surface area contributed by atoms with Crippen LogP contribution < -0.4 is 5.73 Å². The molecule has 0 spiro atoms. The Kier molecular flexibility index (Phi) is 7.93. The van der Waals surface area contributed by atoms with Crippen molar-refractivity contribution in [3.63, 3.8) is 0 Å². The third-order valence-electron chi connectivity index (χ3n) is 1.60. The van der Waals surface area contributed by atoms with E-state index in [1.807, 2.05) is 0 Å². The van der Waals surface area contributed by atoms with Crippen molar-refractivity contribution in [2.45, 2.75) is 37.5 Å². The van der Waals surface area contributed by atoms with Gasteiger partial charge >= 0.3 is 24.2 Å². The fourth-order valence-electron chi connectivity index (χ4n) is 0.633. The first kappa shape index (κ1) is 20.2. The molecule has 116 valence electrons. The van der Waals surface area contributed by atoms with Gasteiger partial charge in [0.25, 0.3) is 0 Å². The second-order valence-corrected chi connectivity index (χ2v) is 3.25. The Balaban J connectivity index is 0. The van der Waals surface area contributed by atoms with E-state index < -0.39 is 30.7 Å². The van der Waals surface area contributed by atoms with Crippen LogP contribution in [0.3, 0.4) is 0 Å². The van der Waals surface area contributed by atoms with Gasteiger partial charge in [0.15, 0.2) is 0 Å². The van der Waals surface area contributed by atoms with E-state index >= 15 is 0 Å². The average Bonchev–Trinajstić information content (AvgIpc) is 2.15. The number of carboxylic acids is 1. The highest BCUT2D eigenvalue weighted by Crippen LogP contribution is 2.38. The number of rotatable bonds is 4. The molecule has 0 aromatic carbocycles. The van der Waals surface area contributed by atoms with Crippen molar-refractivity contribution in [3.8, 4) is 0 Å². The number of hydrogen-bond acceptors (Lipinski definition) is 2. The molecule has 0 heterocycles. The molecule has 0 aliphatic heterocycles. The van der Waals surface area contributed by atoms with Crippen molar-refractivity contribution in [3.05, 3.63) is 0 Å². The van der Waals surface area contributed by atoms with Crippen LogP contribution in [0.4, 0.5) is 35.1 Å². The number of aliphatic carboxylic acids is 1. The Hall–Kier alpha value is -1.13. The quantitative estimate of drug-likeness (QED) is 0.620. The Bertz CT molecular complexity index is 273. The minimum absolute atomic E-state index is 0.133. The minimum Gasteiger partial charge on any atom is -0.475 e. The lowest BCUT2D eigenvalue weighted by molar-refractivity contribution is -0.284. The maximum absolute atomic E-state index is 12.1. The summed E-state index contributed by atoms with van der Waals surface area (Å²) < 4.78 is 90.4. The molecular weight excluding hydrogens is 294 g/mol. The van der Waals surface area contributed by atoms with Gasteiger partial charge in [-0.05, 0) is 19.4 Å². The largest absolute Gasteiger partial charge is 0.490 e. The molecule has 0 saturated carbocycles. The third kappa shape index (κ3) is 9.45. The first-order valence-electron chi connectivity index (χ1n) is 4.70. The lowest BCUT2D eigenvalue weighted by Crippen LogP contribution is -2.36. The van der Waals surface area contributed by atoms with E-state index in [0.29, 0.717) is 0 Å². The summed E-state index contributed by atoms with van der Waals surface area (Å²) in [6, 6.07) is 0. The van der Waals surface area contributed by atoms with E-state index in [9.17, 15) is 35.1 Å². The molecule has 0 rings (SSSR count). The lowest BCUT2D eigenvalue weighted by atomic mass is 10.1. The number of nitrogens with two attached hydrogens (primary N) is 1. The highest BCUT2D eigenvalue weighted by atomic mass is 19.4. The first-order chi connectivity index (χ1) is 8.25. The molecule has 0 aromatic heterocycles. The monoisotopic (exact) mass is 305 g/mol. The second-order valence-electron chi connectivity index (χ2n) is 3.25. The van der Waals surface area contributed by atoms with Gasteiger partial charge in [-0.25, -0.2) is 4.79 Å². The highest BCUT2D eigenvalue weighted by molar-refractivity contribution is 5.73. The van der Waals surface area contributed by atoms with Crippen molar-refractivity contribution in [1.82, 2.24) is 0 Å². The summed E-state index contributed by atoms with van der Waals surface area (Å²) in [7, 11) is 0. The van der Waals surface area contributed by atoms with Crippen molar-refractivity contribution in [2.24, 2.45) is 5.73 Å². The van der Waals surface area contributed by atoms with Gasteiger partial charge in [0.1, 0.15) is 0 Å². The number of halogens is 8. The molecular formula is C8H11F8NO2. The SMILES string of the molecule is NCCCCC(F)(F)C(F)(F)F.O=C(O)C(F)(F)F. The van der Waals surface area contributed by atoms with Crippen LogP contribution >= 0.6 is 0 Å². The fourth-order valence-corrected chi connectivity index (χ4v) is 0.633. The zero-order chi connectivity index (χ0) is 15.9. The van der Waals surface area contributed by atoms with Gasteiger partial charge in [0.2, 0.25) is 0 Å². The number of hydrogen-bond donors (Lipinski definition) is 2. The Morgan fingerprint density at radius 3 is 1.53 bits per heavy atom. The van der Waals surface area contributed by atoms with Crippen molar-refractivity contribution < 1.29 is 45.0 Å². The predicted octanol–water partition coefficient (Wildman–Crippen LogP) is 2.95. The maximum atomic E-state index is 12.1. The maximum Gasteiger partial charge on any atom is 0.490 e. The van der Waals surface area contributed by atoms with Gasteiger partial charge in [-0.15, -0.1) is 0 Å². The third-order valence-corrected chi connectivity index (χ3v) is 1.60. The van der Waals surface area contributed by atoms with Crippen LogP contribution in [0.25, 0.3) is 0 Å². The number of alkyl halides is 8. The standard InChI is InChI=1S/C6H10F5N.C2HF3O2/c7-5(8,6(9,10)11)3-1-2-4-12;3-2(4,5)1(6)7/h1-4,12H2;(H,6,7). The summed E-state index contributed by atoms with van der Waals surface area (Å²) in [5.41, 5.74) is 4.94. The Labute approximate surface area is 102 Å². The van der Waals surface area contributed by atoms with Gasteiger partial charge < -0.3 is 10.8 Å². The second kappa shape index (κ2) is 7.46. The van der Waals surface area contributed by atoms with Crippen LogP contribution in [0.15, 0.2) is 0 Å². The number of carbonyl (C=O) groups is 1. The summed E-state index contributed by atoms with van der Waals surface area (Å²) in [5, 5.41) is 7.12. The van der Waals surface area contributed by atoms with E-state index in [1.54, 1.807) is 0 Å². The summed E-state index contributed by atoms with van der Waals surface area (Å²) in [5.74, 6) is -7.32. The van der Waals surface area contributed by atoms with Crippen LogP contribution in [0.1, 0.15) is 19.3 Å². The molecule has 19 heavy (non-hydrogen) atoms. The molecule has 0 fully saturated rings. The van der Waals surface area contributed by atoms with Crippen molar-refractivity contribution in [2.75, 3.05) is 6.54 Å². The first-order valence-corrected chi connectivity index (χ1v) is 4.70. The van der Waals surface area contributed by atoms with E-state index in [4.69, 9.17) is 15.6 Å². The molecule has 0 unspecified atom stereocenters. The van der Waals surface area contributed by atoms with Crippen LogP contribution in [0.5, 0.6) is 0 Å². The van der Waals surface area contributed by atoms with Gasteiger partial charge in [-0.2, -0.15) is 35.1 Å². The highest BCUT2D eigenvalue weighted by Gasteiger charge is 2.56. The predicted molar refractivity (Wildman–Crippen MR) is 47.6 cm³/mol. The van der Waals surface area contributed by atoms with E-state index in [-0.39, 0.29) is 19.4 Å². The molecule has 0 aliphatic carbocycles. The van der Waals surface area contributed by atoms with Crippen molar-refractivity contribution >= 4 is 5.97 Å². The smallest absolute Gasteiger partial charge is 0.475 e. The van der Waals surface area contributed by atoms with Gasteiger partial charge in [-0.3, -0.25) is 0 Å². The number of carboxylic acid groups (broad SMARTS) is 1. The molecule has 0 saturated heterocycles. The summed E-state index contributed by atoms with van der Waals surface area (Å²) in [6.45, 7) is 0.133. The van der Waals surface area contributed by atoms with Crippen LogP contribution in [0, 0.1) is 0 Å². The molecule has 0 aromatic rings. The summed E-state index contributed by atoms with van der Waals surface area (Å²) in [6.07, 6.45) is -11.7. The molecule has 0 amide bonds. The molecule has 0 bridgehead atoms. The van der Waals surface area contributed by atoms with Crippen LogP contribution in [0.2, 0.25) is 0 Å². The van der Waals surface area contributed by atoms with Crippen LogP contribution in [-0.2, 0) is 4.79 Å². The van der Waals surface area contributed by atoms with Crippen molar-refractivity contribution in [1.29, 1.82) is 0 Å². The zero-order valence-corrected chi connectivity index (χ0v) is 9.28. The zero-order valence-electron chi connectivity index (χ0n) is 9.28. The Morgan fingerprint density at radius 1 is 0.947 bits per heavy atom. The van der Waals surface area contributed by atoms with Crippen LogP contribution in [-0.4, -0.2) is 35.9 Å². The summed E-state index contributed by atoms with van der Waals surface area (Å²) in [4.78, 5) is 8.90. The van der Waals surface area contributed by atoms with Gasteiger partial charge in [0, 0.05) is 6.42 Å².